The van der Waals surface area contributed by atoms with Crippen LogP contribution in [0.1, 0.15) is 13.8 Å². The highest BCUT2D eigenvalue weighted by atomic mass is 16.2. The van der Waals surface area contributed by atoms with Crippen LogP contribution in [0.5, 0.6) is 0 Å². The zero-order valence-corrected chi connectivity index (χ0v) is 10.8. The number of carbonyl (C=O) groups excluding carboxylic acids is 1. The van der Waals surface area contributed by atoms with Crippen LogP contribution in [-0.4, -0.2) is 74.5 Å². The summed E-state index contributed by atoms with van der Waals surface area (Å²) in [5, 5.41) is 0. The molecule has 0 aliphatic rings. The van der Waals surface area contributed by atoms with Crippen molar-refractivity contribution in [2.24, 2.45) is 0 Å². The maximum atomic E-state index is 11.3. The number of hydrogen-bond donors (Lipinski definition) is 0. The lowest BCUT2D eigenvalue weighted by Gasteiger charge is -2.25. The standard InChI is InChI=1S/C11H25N3O/c1-6-13(5)8-10-14(11(2)15)9-7-12(3)4/h6-10H2,1-5H3. The normalized spacial score (nSPS) is 11.1. The van der Waals surface area contributed by atoms with Crippen molar-refractivity contribution in [3.63, 3.8) is 0 Å². The van der Waals surface area contributed by atoms with E-state index in [4.69, 9.17) is 0 Å². The maximum absolute atomic E-state index is 11.3. The molecule has 90 valence electrons. The fraction of sp³-hybridized carbons (Fsp3) is 0.909. The van der Waals surface area contributed by atoms with Gasteiger partial charge in [-0.3, -0.25) is 4.79 Å². The topological polar surface area (TPSA) is 26.8 Å². The second-order valence-corrected chi connectivity index (χ2v) is 4.21. The molecule has 0 aromatic rings. The number of likely N-dealkylation sites (N-methyl/N-ethyl adjacent to an activating group) is 2. The van der Waals surface area contributed by atoms with Crippen molar-refractivity contribution in [2.75, 3.05) is 53.9 Å². The largest absolute Gasteiger partial charge is 0.340 e. The van der Waals surface area contributed by atoms with Crippen molar-refractivity contribution in [3.05, 3.63) is 0 Å². The van der Waals surface area contributed by atoms with E-state index in [0.717, 1.165) is 32.7 Å². The summed E-state index contributed by atoms with van der Waals surface area (Å²) in [5.74, 6) is 0.168. The van der Waals surface area contributed by atoms with Gasteiger partial charge < -0.3 is 14.7 Å². The van der Waals surface area contributed by atoms with Crippen LogP contribution in [0, 0.1) is 0 Å². The third-order valence-electron chi connectivity index (χ3n) is 2.55. The number of amides is 1. The summed E-state index contributed by atoms with van der Waals surface area (Å²) >= 11 is 0. The van der Waals surface area contributed by atoms with Gasteiger partial charge in [0, 0.05) is 33.1 Å². The van der Waals surface area contributed by atoms with Gasteiger partial charge in [0.05, 0.1) is 0 Å². The van der Waals surface area contributed by atoms with E-state index in [0.29, 0.717) is 0 Å². The monoisotopic (exact) mass is 215 g/mol. The predicted octanol–water partition coefficient (Wildman–Crippen LogP) is 0.348. The molecule has 0 saturated heterocycles. The van der Waals surface area contributed by atoms with Gasteiger partial charge in [0.15, 0.2) is 0 Å². The molecule has 4 nitrogen and oxygen atoms in total. The van der Waals surface area contributed by atoms with Crippen molar-refractivity contribution in [1.82, 2.24) is 14.7 Å². The molecule has 0 fully saturated rings. The summed E-state index contributed by atoms with van der Waals surface area (Å²) in [7, 11) is 6.12. The Morgan fingerprint density at radius 3 is 1.93 bits per heavy atom. The van der Waals surface area contributed by atoms with Crippen LogP contribution in [0.3, 0.4) is 0 Å². The average molecular weight is 215 g/mol. The molecule has 0 aliphatic heterocycles. The Labute approximate surface area is 93.8 Å². The van der Waals surface area contributed by atoms with Gasteiger partial charge in [-0.2, -0.15) is 0 Å². The number of hydrogen-bond acceptors (Lipinski definition) is 3. The van der Waals surface area contributed by atoms with Gasteiger partial charge >= 0.3 is 0 Å². The highest BCUT2D eigenvalue weighted by molar-refractivity contribution is 5.73. The van der Waals surface area contributed by atoms with E-state index in [-0.39, 0.29) is 5.91 Å². The van der Waals surface area contributed by atoms with Crippen LogP contribution in [0.15, 0.2) is 0 Å². The van der Waals surface area contributed by atoms with Gasteiger partial charge in [-0.1, -0.05) is 6.92 Å². The molecule has 1 amide bonds. The smallest absolute Gasteiger partial charge is 0.219 e. The molecule has 0 bridgehead atoms. The van der Waals surface area contributed by atoms with Crippen LogP contribution in [-0.2, 0) is 4.79 Å². The van der Waals surface area contributed by atoms with Crippen molar-refractivity contribution in [3.8, 4) is 0 Å². The molecular weight excluding hydrogens is 190 g/mol. The molecule has 0 rings (SSSR count). The van der Waals surface area contributed by atoms with E-state index >= 15 is 0 Å². The third-order valence-corrected chi connectivity index (χ3v) is 2.55. The summed E-state index contributed by atoms with van der Waals surface area (Å²) in [4.78, 5) is 17.6. The van der Waals surface area contributed by atoms with Crippen LogP contribution < -0.4 is 0 Å². The van der Waals surface area contributed by atoms with E-state index in [1.165, 1.54) is 0 Å². The number of carbonyl (C=O) groups is 1. The van der Waals surface area contributed by atoms with Crippen LogP contribution in [0.4, 0.5) is 0 Å². The maximum Gasteiger partial charge on any atom is 0.219 e. The molecule has 0 aromatic carbocycles. The Hall–Kier alpha value is -0.610. The summed E-state index contributed by atoms with van der Waals surface area (Å²) in [5.41, 5.74) is 0. The fourth-order valence-electron chi connectivity index (χ4n) is 1.20. The van der Waals surface area contributed by atoms with E-state index in [9.17, 15) is 4.79 Å². The lowest BCUT2D eigenvalue weighted by Crippen LogP contribution is -2.39. The number of rotatable bonds is 7. The van der Waals surface area contributed by atoms with Crippen LogP contribution in [0.2, 0.25) is 0 Å². The first-order valence-corrected chi connectivity index (χ1v) is 5.56. The Morgan fingerprint density at radius 2 is 1.53 bits per heavy atom. The fourth-order valence-corrected chi connectivity index (χ4v) is 1.20. The summed E-state index contributed by atoms with van der Waals surface area (Å²) in [6, 6.07) is 0. The number of nitrogens with zero attached hydrogens (tertiary/aromatic N) is 3. The first-order valence-electron chi connectivity index (χ1n) is 5.56. The SMILES string of the molecule is CCN(C)CCN(CCN(C)C)C(C)=O. The molecule has 0 saturated carbocycles. The second kappa shape index (κ2) is 7.65. The first kappa shape index (κ1) is 14.4. The Balaban J connectivity index is 3.89. The van der Waals surface area contributed by atoms with Crippen molar-refractivity contribution in [2.45, 2.75) is 13.8 Å². The minimum atomic E-state index is 0.168. The van der Waals surface area contributed by atoms with Gasteiger partial charge in [-0.25, -0.2) is 0 Å². The molecule has 0 atom stereocenters. The zero-order valence-electron chi connectivity index (χ0n) is 10.8. The minimum Gasteiger partial charge on any atom is -0.340 e. The minimum absolute atomic E-state index is 0.168. The Bertz CT molecular complexity index is 183. The van der Waals surface area contributed by atoms with E-state index in [1.54, 1.807) is 6.92 Å². The van der Waals surface area contributed by atoms with Crippen molar-refractivity contribution >= 4 is 5.91 Å². The lowest BCUT2D eigenvalue weighted by atomic mass is 10.4. The van der Waals surface area contributed by atoms with Gasteiger partial charge in [0.1, 0.15) is 0 Å². The molecule has 0 spiro atoms. The predicted molar refractivity (Wildman–Crippen MR) is 64.0 cm³/mol. The zero-order chi connectivity index (χ0) is 11.8. The molecule has 0 N–H and O–H groups in total. The van der Waals surface area contributed by atoms with Crippen LogP contribution >= 0.6 is 0 Å². The van der Waals surface area contributed by atoms with Gasteiger partial charge in [-0.15, -0.1) is 0 Å². The van der Waals surface area contributed by atoms with Crippen LogP contribution in [0.25, 0.3) is 0 Å². The lowest BCUT2D eigenvalue weighted by molar-refractivity contribution is -0.129. The molecule has 0 radical (unpaired) electrons. The molecule has 15 heavy (non-hydrogen) atoms. The molecular formula is C11H25N3O. The highest BCUT2D eigenvalue weighted by Gasteiger charge is 2.09. The molecule has 0 aromatic heterocycles. The highest BCUT2D eigenvalue weighted by Crippen LogP contribution is 1.92. The van der Waals surface area contributed by atoms with Crippen molar-refractivity contribution < 1.29 is 4.79 Å². The van der Waals surface area contributed by atoms with E-state index in [1.807, 2.05) is 19.0 Å². The Morgan fingerprint density at radius 1 is 1.00 bits per heavy atom. The van der Waals surface area contributed by atoms with Gasteiger partial charge in [0.2, 0.25) is 5.91 Å². The molecule has 0 unspecified atom stereocenters. The van der Waals surface area contributed by atoms with Gasteiger partial charge in [-0.05, 0) is 27.7 Å². The van der Waals surface area contributed by atoms with E-state index < -0.39 is 0 Å². The summed E-state index contributed by atoms with van der Waals surface area (Å²) in [6.45, 7) is 8.31. The van der Waals surface area contributed by atoms with Crippen molar-refractivity contribution in [1.29, 1.82) is 0 Å². The third kappa shape index (κ3) is 7.33. The Kier molecular flexibility index (Phi) is 7.34. The average Bonchev–Trinajstić information content (AvgIpc) is 2.16. The first-order chi connectivity index (χ1) is 6.97. The summed E-state index contributed by atoms with van der Waals surface area (Å²) in [6.07, 6.45) is 0. The molecule has 0 heterocycles. The summed E-state index contributed by atoms with van der Waals surface area (Å²) < 4.78 is 0. The molecule has 0 aliphatic carbocycles. The van der Waals surface area contributed by atoms with Gasteiger partial charge in [0.25, 0.3) is 0 Å². The molecule has 4 heteroatoms. The quantitative estimate of drug-likeness (QED) is 0.613. The van der Waals surface area contributed by atoms with E-state index in [2.05, 4.69) is 23.8 Å². The second-order valence-electron chi connectivity index (χ2n) is 4.21.